The molecule has 7 aromatic rings. The van der Waals surface area contributed by atoms with Crippen molar-refractivity contribution in [3.8, 4) is 69.5 Å². The molecule has 35 nitrogen and oxygen atoms in total. The van der Waals surface area contributed by atoms with Gasteiger partial charge in [-0.2, -0.15) is 0 Å². The number of likely N-dealkylation sites (N-methyl/N-ethyl adjacent to an activating group) is 1. The van der Waals surface area contributed by atoms with Crippen LogP contribution in [0, 0.1) is 18.3 Å². The maximum atomic E-state index is 16.3. The first-order valence-corrected chi connectivity index (χ1v) is 38.6. The van der Waals surface area contributed by atoms with E-state index in [0.717, 1.165) is 71.4 Å². The van der Waals surface area contributed by atoms with Gasteiger partial charge in [-0.15, -0.1) is 6.42 Å². The predicted molar refractivity (Wildman–Crippen MR) is 423 cm³/mol. The summed E-state index contributed by atoms with van der Waals surface area (Å²) in [5, 5.41) is 130. The molecule has 7 aliphatic rings. The molecule has 0 aliphatic carbocycles. The van der Waals surface area contributed by atoms with Crippen LogP contribution in [0.5, 0.6) is 46.0 Å². The number of benzene rings is 7. The Balaban J connectivity index is 1.01. The zero-order valence-corrected chi connectivity index (χ0v) is 66.0. The van der Waals surface area contributed by atoms with Crippen molar-refractivity contribution in [3.63, 3.8) is 0 Å². The number of rotatable bonds is 18. The highest BCUT2D eigenvalue weighted by Crippen LogP contribution is 2.50. The van der Waals surface area contributed by atoms with Crippen molar-refractivity contribution in [2.24, 2.45) is 17.4 Å². The van der Waals surface area contributed by atoms with E-state index >= 15 is 19.2 Å². The molecule has 119 heavy (non-hydrogen) atoms. The molecule has 14 rings (SSSR count). The molecule has 2 fully saturated rings. The van der Waals surface area contributed by atoms with Crippen molar-refractivity contribution in [1.82, 2.24) is 47.9 Å². The minimum atomic E-state index is -2.37. The molecular formula is C82H89Cl2N11O24. The van der Waals surface area contributed by atoms with Crippen molar-refractivity contribution in [2.45, 2.75) is 163 Å². The first-order chi connectivity index (χ1) is 56.5. The third-order valence-corrected chi connectivity index (χ3v) is 21.6. The molecule has 3 unspecified atom stereocenters. The molecule has 0 saturated carbocycles. The topological polar surface area (TPSA) is 551 Å². The fraction of sp³-hybridized carbons (Fsp3) is 0.378. The molecule has 7 aliphatic heterocycles. The van der Waals surface area contributed by atoms with E-state index in [-0.39, 0.29) is 65.7 Å². The van der Waals surface area contributed by atoms with Crippen LogP contribution in [0.25, 0.3) is 21.9 Å². The zero-order chi connectivity index (χ0) is 85.9. The second-order valence-electron chi connectivity index (χ2n) is 30.2. The summed E-state index contributed by atoms with van der Waals surface area (Å²) >= 11 is 14.3. The van der Waals surface area contributed by atoms with Gasteiger partial charge in [0.15, 0.2) is 23.9 Å². The van der Waals surface area contributed by atoms with Crippen molar-refractivity contribution < 1.29 is 118 Å². The molecule has 22 N–H and O–H groups in total. The van der Waals surface area contributed by atoms with Gasteiger partial charge in [-0.25, -0.2) is 0 Å². The van der Waals surface area contributed by atoms with Crippen LogP contribution in [0.15, 0.2) is 115 Å². The summed E-state index contributed by atoms with van der Waals surface area (Å²) in [4.78, 5) is 134. The Hall–Kier alpha value is -11.5. The Bertz CT molecular complexity index is 5170. The van der Waals surface area contributed by atoms with Gasteiger partial charge in [0, 0.05) is 53.4 Å². The average molecular weight is 1680 g/mol. The highest BCUT2D eigenvalue weighted by molar-refractivity contribution is 6.32. The monoisotopic (exact) mass is 1680 g/mol. The summed E-state index contributed by atoms with van der Waals surface area (Å²) in [5.74, 6) is -13.0. The molecule has 11 bridgehead atoms. The van der Waals surface area contributed by atoms with Crippen LogP contribution in [0.1, 0.15) is 127 Å². The van der Waals surface area contributed by atoms with Crippen LogP contribution in [-0.2, 0) is 52.6 Å². The van der Waals surface area contributed by atoms with Crippen LogP contribution >= 0.6 is 23.2 Å². The lowest BCUT2D eigenvalue weighted by molar-refractivity contribution is -0.333. The van der Waals surface area contributed by atoms with Crippen LogP contribution in [0.2, 0.25) is 10.0 Å². The fourth-order valence-corrected chi connectivity index (χ4v) is 15.1. The third kappa shape index (κ3) is 19.2. The molecule has 2 saturated heterocycles. The molecule has 0 aromatic heterocycles. The van der Waals surface area contributed by atoms with Crippen molar-refractivity contribution >= 4 is 87.1 Å². The van der Waals surface area contributed by atoms with Gasteiger partial charge < -0.3 is 134 Å². The molecule has 7 heterocycles. The van der Waals surface area contributed by atoms with E-state index in [1.165, 1.54) is 39.1 Å². The zero-order valence-electron chi connectivity index (χ0n) is 64.4. The quantitative estimate of drug-likeness (QED) is 0.0432. The second kappa shape index (κ2) is 36.4. The number of carbonyl (C=O) groups excluding carboxylic acids is 9. The maximum absolute atomic E-state index is 16.3. The van der Waals surface area contributed by atoms with Gasteiger partial charge in [0.1, 0.15) is 95.5 Å². The van der Waals surface area contributed by atoms with Crippen LogP contribution in [0.3, 0.4) is 0 Å². The van der Waals surface area contributed by atoms with Gasteiger partial charge >= 0.3 is 0 Å². The highest BCUT2D eigenvalue weighted by atomic mass is 35.5. The Kier molecular flexibility index (Phi) is 26.6. The number of fused-ring (bicyclic) bond motifs is 16. The number of halogens is 2. The van der Waals surface area contributed by atoms with E-state index < -0.39 is 243 Å². The molecule has 630 valence electrons. The Morgan fingerprint density at radius 3 is 1.96 bits per heavy atom. The summed E-state index contributed by atoms with van der Waals surface area (Å²) in [6, 6.07) is 10.2. The van der Waals surface area contributed by atoms with Crippen LogP contribution < -0.4 is 73.5 Å². The number of hydrogen-bond donors (Lipinski definition) is 20. The molecule has 18 atom stereocenters. The average Bonchev–Trinajstić information content (AvgIpc) is 0.764. The lowest BCUT2D eigenvalue weighted by atomic mass is 9.86. The first kappa shape index (κ1) is 86.9. The molecular weight excluding hydrogens is 1590 g/mol. The van der Waals surface area contributed by atoms with Crippen LogP contribution in [0.4, 0.5) is 0 Å². The summed E-state index contributed by atoms with van der Waals surface area (Å²) in [6.45, 7) is 5.42. The molecule has 37 heteroatoms. The molecule has 0 radical (unpaired) electrons. The summed E-state index contributed by atoms with van der Waals surface area (Å²) < 4.78 is 38.7. The minimum absolute atomic E-state index is 0.0208. The third-order valence-electron chi connectivity index (χ3n) is 21.0. The van der Waals surface area contributed by atoms with Gasteiger partial charge in [-0.1, -0.05) is 73.3 Å². The molecule has 9 amide bonds. The van der Waals surface area contributed by atoms with Gasteiger partial charge in [0.25, 0.3) is 5.91 Å². The van der Waals surface area contributed by atoms with Gasteiger partial charge in [0.05, 0.1) is 41.3 Å². The number of primary amides is 1. The van der Waals surface area contributed by atoms with Gasteiger partial charge in [-0.05, 0) is 157 Å². The minimum Gasteiger partial charge on any atom is -0.508 e. The summed E-state index contributed by atoms with van der Waals surface area (Å²) in [5.41, 5.74) is 9.33. The largest absolute Gasteiger partial charge is 0.508 e. The smallest absolute Gasteiger partial charge is 0.251 e. The number of aliphatic hydroxyl groups is 6. The Morgan fingerprint density at radius 1 is 0.689 bits per heavy atom. The molecule has 0 spiro atoms. The summed E-state index contributed by atoms with van der Waals surface area (Å²) in [6.07, 6.45) is -13.1. The van der Waals surface area contributed by atoms with Crippen LogP contribution in [-0.4, -0.2) is 205 Å². The number of carbonyl (C=O) groups is 9. The second-order valence-corrected chi connectivity index (χ2v) is 31.0. The Labute approximate surface area is 689 Å². The summed E-state index contributed by atoms with van der Waals surface area (Å²) in [7, 11) is 1.47. The number of ether oxygens (including phenoxy) is 6. The highest BCUT2D eigenvalue weighted by Gasteiger charge is 2.52. The van der Waals surface area contributed by atoms with E-state index in [2.05, 4.69) is 53.8 Å². The number of phenols is 3. The van der Waals surface area contributed by atoms with Crippen molar-refractivity contribution in [2.75, 3.05) is 26.7 Å². The number of hydrogen-bond acceptors (Lipinski definition) is 26. The Morgan fingerprint density at radius 2 is 1.32 bits per heavy atom. The lowest BCUT2D eigenvalue weighted by Crippen LogP contribution is -2.64. The maximum Gasteiger partial charge on any atom is 0.251 e. The fourth-order valence-electron chi connectivity index (χ4n) is 14.7. The normalized spacial score (nSPS) is 26.6. The lowest BCUT2D eigenvalue weighted by Gasteiger charge is -2.47. The molecule has 7 aromatic carbocycles. The SMILES string of the molecule is C#Cc1ccc2cc(C(=O)NCCCNC(=O)C3NC(=O)[C@H]4NC(=O)[C@H](NC(=O)C5NC(=O)[C@H](CC(N)=O)NC(=O)[C@H](NC(=O)[C@@H](CC(C)C)NC)[C@H](O)c6ccc(c(Cl)c6)Oc6cc5cc(c6O[C@@H]5O[C@H](CO)[C@@H](O)[C@H](O)[C@H]5OC5C[C@](C)(N)[C@H](O)[C@H](C)O5)Oc5ccc(cc5Cl)[C@H]4O)c4ccc(O)c(c4)-c4c(O)cc(O)cc43)ccc2c1. The first-order valence-electron chi connectivity index (χ1n) is 37.8. The van der Waals surface area contributed by atoms with Gasteiger partial charge in [0.2, 0.25) is 59.3 Å². The van der Waals surface area contributed by atoms with E-state index in [1.54, 1.807) is 36.4 Å². The van der Waals surface area contributed by atoms with E-state index in [9.17, 15) is 69.9 Å². The van der Waals surface area contributed by atoms with E-state index in [4.69, 9.17) is 69.5 Å². The van der Waals surface area contributed by atoms with Gasteiger partial charge in [-0.3, -0.25) is 43.2 Å². The number of nitrogens with two attached hydrogens (primary N) is 2. The van der Waals surface area contributed by atoms with Crippen molar-refractivity contribution in [1.29, 1.82) is 0 Å². The number of nitrogens with one attached hydrogen (secondary N) is 9. The van der Waals surface area contributed by atoms with E-state index in [1.807, 2.05) is 13.8 Å². The number of terminal acetylenes is 1. The number of aromatic hydroxyl groups is 3. The van der Waals surface area contributed by atoms with Crippen molar-refractivity contribution in [3.05, 3.63) is 164 Å². The number of aliphatic hydroxyl groups excluding tert-OH is 6. The number of phenolic OH excluding ortho intramolecular Hbond substituents is 3. The standard InChI is InChI=1S/C82H89Cl2N11O24/c1-7-36-9-10-38-23-42(12-11-37(38)22-36)73(106)88-19-8-20-89-76(109)63-46-29-44(97)30-52(99)60(46)45-24-39(13-16-51(45)98)61-77(110)95-65(80(113)93-63)67(102)41-15-18-54(48(84)26-41)116-56-28-43-27-55(70(56)119-81-71(69(104)68(103)57(33-96)117-81)118-59-32-82(5,86)72(105)35(4)114-59)115-53-17-14-40(25-47(53)83)66(101)64(94-74(107)49(87-6)21-34(2)3)79(112)90-50(31-58(85)100)75(108)91-62(43)78(111)92-61/h1,9-18,22-30,34-35,49-50,57,59,61-69,71-72,81,87,96-99,101-105H,8,19-21,31-33,86H2,2-6H3,(H2,85,100)(H,88,106)(H,89,109)(H,90,112)(H,91,108)(H,92,111)(H,93,113)(H,94,107)(H,95,110)/t35-,49+,50-,57+,59?,61+,62?,63?,64+,65-,66+,67+,68+,69-,71+,72+,81-,82-/m0/s1. The number of amides is 9. The predicted octanol–water partition coefficient (Wildman–Crippen LogP) is 2.09. The van der Waals surface area contributed by atoms with E-state index in [0.29, 0.717) is 11.1 Å².